The topological polar surface area (TPSA) is 20.2 Å². The third-order valence-electron chi connectivity index (χ3n) is 1.90. The molecule has 0 saturated heterocycles. The summed E-state index contributed by atoms with van der Waals surface area (Å²) in [6.07, 6.45) is 4.48. The van der Waals surface area contributed by atoms with Crippen LogP contribution in [0.25, 0.3) is 0 Å². The fourth-order valence-electron chi connectivity index (χ4n) is 1.17. The van der Waals surface area contributed by atoms with E-state index in [2.05, 4.69) is 6.92 Å². The van der Waals surface area contributed by atoms with Crippen molar-refractivity contribution in [1.29, 1.82) is 0 Å². The summed E-state index contributed by atoms with van der Waals surface area (Å²) < 4.78 is 0. The van der Waals surface area contributed by atoms with Crippen molar-refractivity contribution < 1.29 is 5.11 Å². The monoisotopic (exact) mass is 163 g/mol. The minimum atomic E-state index is 0.343. The van der Waals surface area contributed by atoms with E-state index in [4.69, 9.17) is 5.11 Å². The summed E-state index contributed by atoms with van der Waals surface area (Å²) >= 11 is 0. The molecule has 0 aliphatic carbocycles. The lowest BCUT2D eigenvalue weighted by atomic mass is 10.1. The van der Waals surface area contributed by atoms with Gasteiger partial charge in [-0.1, -0.05) is 31.9 Å². The molecule has 0 unspecified atom stereocenters. The summed E-state index contributed by atoms with van der Waals surface area (Å²) in [4.78, 5) is 0. The van der Waals surface area contributed by atoms with Crippen molar-refractivity contribution in [3.63, 3.8) is 0 Å². The second-order valence-electron chi connectivity index (χ2n) is 2.98. The number of hydrogen-bond acceptors (Lipinski definition) is 1. The summed E-state index contributed by atoms with van der Waals surface area (Å²) in [5, 5.41) is 9.02. The van der Waals surface area contributed by atoms with Crippen molar-refractivity contribution in [3.8, 4) is 5.75 Å². The van der Waals surface area contributed by atoms with E-state index in [1.54, 1.807) is 12.1 Å². The first-order valence-electron chi connectivity index (χ1n) is 4.40. The largest absolute Gasteiger partial charge is 0.508 e. The van der Waals surface area contributed by atoms with Crippen LogP contribution < -0.4 is 0 Å². The van der Waals surface area contributed by atoms with E-state index in [9.17, 15) is 0 Å². The Labute approximate surface area is 74.1 Å². The molecule has 65 valence electrons. The second kappa shape index (κ2) is 4.81. The van der Waals surface area contributed by atoms with Crippen LogP contribution in [0, 0.1) is 6.92 Å². The highest BCUT2D eigenvalue weighted by atomic mass is 16.3. The van der Waals surface area contributed by atoms with Crippen LogP contribution in [0.1, 0.15) is 24.8 Å². The molecule has 1 nitrogen and oxygen atoms in total. The van der Waals surface area contributed by atoms with Gasteiger partial charge in [-0.2, -0.15) is 0 Å². The maximum Gasteiger partial charge on any atom is 0.115 e. The average Bonchev–Trinajstić information content (AvgIpc) is 2.09. The highest BCUT2D eigenvalue weighted by Gasteiger charge is 1.92. The molecular formula is C11H15O. The maximum atomic E-state index is 9.02. The van der Waals surface area contributed by atoms with Crippen LogP contribution in [-0.4, -0.2) is 5.11 Å². The van der Waals surface area contributed by atoms with Gasteiger partial charge >= 0.3 is 0 Å². The third-order valence-corrected chi connectivity index (χ3v) is 1.90. The van der Waals surface area contributed by atoms with Gasteiger partial charge in [0.1, 0.15) is 5.75 Å². The average molecular weight is 163 g/mol. The van der Waals surface area contributed by atoms with Crippen LogP contribution in [-0.2, 0) is 6.42 Å². The fourth-order valence-corrected chi connectivity index (χ4v) is 1.17. The number of phenolic OH excluding ortho intramolecular Hbond substituents is 1. The van der Waals surface area contributed by atoms with Crippen molar-refractivity contribution in [2.24, 2.45) is 0 Å². The highest BCUT2D eigenvalue weighted by molar-refractivity contribution is 5.25. The molecule has 0 spiro atoms. The van der Waals surface area contributed by atoms with Crippen LogP contribution >= 0.6 is 0 Å². The van der Waals surface area contributed by atoms with E-state index >= 15 is 0 Å². The molecule has 0 fully saturated rings. The summed E-state index contributed by atoms with van der Waals surface area (Å²) in [6, 6.07) is 7.41. The lowest BCUT2D eigenvalue weighted by Gasteiger charge is -1.99. The van der Waals surface area contributed by atoms with E-state index in [0.29, 0.717) is 5.75 Å². The first kappa shape index (κ1) is 9.11. The standard InChI is InChI=1S/C11H15O/c1-2-3-4-5-10-6-8-11(12)9-7-10/h6-9,12H,1-5H2. The Kier molecular flexibility index (Phi) is 3.65. The lowest BCUT2D eigenvalue weighted by Crippen LogP contribution is -1.83. The van der Waals surface area contributed by atoms with Crippen molar-refractivity contribution in [2.45, 2.75) is 25.7 Å². The summed E-state index contributed by atoms with van der Waals surface area (Å²) in [5.74, 6) is 0.343. The van der Waals surface area contributed by atoms with Gasteiger partial charge in [0.05, 0.1) is 0 Å². The smallest absolute Gasteiger partial charge is 0.115 e. The molecule has 0 saturated carbocycles. The molecule has 0 aromatic heterocycles. The predicted molar refractivity (Wildman–Crippen MR) is 51.0 cm³/mol. The van der Waals surface area contributed by atoms with E-state index in [1.807, 2.05) is 12.1 Å². The first-order chi connectivity index (χ1) is 5.83. The molecular weight excluding hydrogens is 148 g/mol. The summed E-state index contributed by atoms with van der Waals surface area (Å²) in [5.41, 5.74) is 1.29. The van der Waals surface area contributed by atoms with E-state index < -0.39 is 0 Å². The first-order valence-corrected chi connectivity index (χ1v) is 4.40. The molecule has 1 heteroatoms. The number of aromatic hydroxyl groups is 1. The molecule has 0 amide bonds. The molecule has 0 bridgehead atoms. The zero-order valence-electron chi connectivity index (χ0n) is 7.29. The number of unbranched alkanes of at least 4 members (excludes halogenated alkanes) is 2. The Balaban J connectivity index is 2.37. The molecule has 1 radical (unpaired) electrons. The molecule has 1 aromatic rings. The molecule has 0 heterocycles. The number of phenols is 1. The number of benzene rings is 1. The molecule has 1 N–H and O–H groups in total. The molecule has 1 rings (SSSR count). The summed E-state index contributed by atoms with van der Waals surface area (Å²) in [7, 11) is 0. The third kappa shape index (κ3) is 2.95. The van der Waals surface area contributed by atoms with Gasteiger partial charge in [0.15, 0.2) is 0 Å². The van der Waals surface area contributed by atoms with Crippen LogP contribution in [0.4, 0.5) is 0 Å². The number of rotatable bonds is 4. The summed E-state index contributed by atoms with van der Waals surface area (Å²) in [6.45, 7) is 3.79. The molecule has 0 atom stereocenters. The van der Waals surface area contributed by atoms with Gasteiger partial charge in [0, 0.05) is 0 Å². The Morgan fingerprint density at radius 3 is 2.33 bits per heavy atom. The predicted octanol–water partition coefficient (Wildman–Crippen LogP) is 2.94. The van der Waals surface area contributed by atoms with Gasteiger partial charge in [-0.25, -0.2) is 0 Å². The zero-order chi connectivity index (χ0) is 8.81. The van der Waals surface area contributed by atoms with Crippen molar-refractivity contribution >= 4 is 0 Å². The van der Waals surface area contributed by atoms with Gasteiger partial charge in [-0.15, -0.1) is 0 Å². The minimum Gasteiger partial charge on any atom is -0.508 e. The van der Waals surface area contributed by atoms with Gasteiger partial charge in [-0.05, 0) is 30.5 Å². The lowest BCUT2D eigenvalue weighted by molar-refractivity contribution is 0.475. The maximum absolute atomic E-state index is 9.02. The van der Waals surface area contributed by atoms with Crippen molar-refractivity contribution in [3.05, 3.63) is 36.8 Å². The van der Waals surface area contributed by atoms with Crippen LogP contribution in [0.2, 0.25) is 0 Å². The Hall–Kier alpha value is -0.980. The van der Waals surface area contributed by atoms with E-state index in [0.717, 1.165) is 12.8 Å². The van der Waals surface area contributed by atoms with Crippen LogP contribution in [0.5, 0.6) is 5.75 Å². The van der Waals surface area contributed by atoms with Gasteiger partial charge in [-0.3, -0.25) is 0 Å². The van der Waals surface area contributed by atoms with Gasteiger partial charge in [0.25, 0.3) is 0 Å². The minimum absolute atomic E-state index is 0.343. The van der Waals surface area contributed by atoms with Crippen LogP contribution in [0.3, 0.4) is 0 Å². The Morgan fingerprint density at radius 1 is 1.08 bits per heavy atom. The highest BCUT2D eigenvalue weighted by Crippen LogP contribution is 2.11. The van der Waals surface area contributed by atoms with E-state index in [-0.39, 0.29) is 0 Å². The normalized spacial score (nSPS) is 10.1. The molecule has 0 aliphatic rings. The van der Waals surface area contributed by atoms with E-state index in [1.165, 1.54) is 18.4 Å². The fraction of sp³-hybridized carbons (Fsp3) is 0.364. The van der Waals surface area contributed by atoms with Crippen LogP contribution in [0.15, 0.2) is 24.3 Å². The Bertz CT molecular complexity index is 213. The number of aryl methyl sites for hydroxylation is 1. The molecule has 12 heavy (non-hydrogen) atoms. The molecule has 1 aromatic carbocycles. The molecule has 0 aliphatic heterocycles. The number of hydrogen-bond donors (Lipinski definition) is 1. The quantitative estimate of drug-likeness (QED) is 0.676. The van der Waals surface area contributed by atoms with Crippen molar-refractivity contribution in [2.75, 3.05) is 0 Å². The SMILES string of the molecule is [CH2]CCCCc1ccc(O)cc1. The second-order valence-corrected chi connectivity index (χ2v) is 2.98. The van der Waals surface area contributed by atoms with Gasteiger partial charge < -0.3 is 5.11 Å². The van der Waals surface area contributed by atoms with Crippen molar-refractivity contribution in [1.82, 2.24) is 0 Å². The Morgan fingerprint density at radius 2 is 1.75 bits per heavy atom. The zero-order valence-corrected chi connectivity index (χ0v) is 7.29. The van der Waals surface area contributed by atoms with Gasteiger partial charge in [0.2, 0.25) is 0 Å².